The normalized spacial score (nSPS) is 21.6. The van der Waals surface area contributed by atoms with Crippen molar-refractivity contribution in [2.24, 2.45) is 5.84 Å². The Labute approximate surface area is 109 Å². The molecule has 1 saturated heterocycles. The number of nitrogens with two attached hydrogens (primary N) is 1. The first-order chi connectivity index (χ1) is 9.07. The molecule has 0 bridgehead atoms. The second kappa shape index (κ2) is 4.35. The average molecular weight is 282 g/mol. The second-order valence-electron chi connectivity index (χ2n) is 4.52. The Kier molecular flexibility index (Phi) is 2.79. The van der Waals surface area contributed by atoms with Crippen LogP contribution < -0.4 is 16.6 Å². The van der Waals surface area contributed by atoms with Crippen LogP contribution >= 0.6 is 0 Å². The fourth-order valence-electron chi connectivity index (χ4n) is 2.20. The van der Waals surface area contributed by atoms with Crippen molar-refractivity contribution in [2.45, 2.75) is 12.5 Å². The first kappa shape index (κ1) is 12.2. The van der Waals surface area contributed by atoms with Gasteiger partial charge in [0.15, 0.2) is 27.1 Å². The van der Waals surface area contributed by atoms with Crippen molar-refractivity contribution >= 4 is 27.1 Å². The third-order valence-electron chi connectivity index (χ3n) is 3.10. The summed E-state index contributed by atoms with van der Waals surface area (Å²) in [4.78, 5) is 8.47. The molecule has 1 fully saturated rings. The minimum absolute atomic E-state index is 0.127. The highest BCUT2D eigenvalue weighted by Gasteiger charge is 2.28. The Bertz CT molecular complexity index is 710. The number of fused-ring (bicyclic) bond motifs is 1. The minimum Gasteiger partial charge on any atom is -0.363 e. The summed E-state index contributed by atoms with van der Waals surface area (Å²) >= 11 is 0. The minimum atomic E-state index is -2.93. The van der Waals surface area contributed by atoms with Gasteiger partial charge in [-0.3, -0.25) is 0 Å². The zero-order chi connectivity index (χ0) is 13.5. The molecule has 8 nitrogen and oxygen atoms in total. The number of nitrogen functional groups attached to an aromatic ring is 1. The van der Waals surface area contributed by atoms with Crippen molar-refractivity contribution in [3.05, 3.63) is 18.6 Å². The molecule has 3 rings (SSSR count). The lowest BCUT2D eigenvalue weighted by atomic mass is 10.2. The Morgan fingerprint density at radius 1 is 1.47 bits per heavy atom. The molecule has 1 atom stereocenters. The Hall–Kier alpha value is -1.87. The molecule has 4 N–H and O–H groups in total. The Balaban J connectivity index is 1.94. The van der Waals surface area contributed by atoms with Gasteiger partial charge < -0.3 is 15.1 Å². The standard InChI is InChI=1S/C10H14N6O2S/c11-15-8-5-16-3-2-12-10(16)9(14-8)13-7-1-4-19(17,18)6-7/h2-3,5,7,15H,1,4,6,11H2,(H,13,14). The van der Waals surface area contributed by atoms with Gasteiger partial charge in [0.1, 0.15) is 0 Å². The molecule has 0 aliphatic carbocycles. The number of aromatic nitrogens is 3. The van der Waals surface area contributed by atoms with Crippen LogP contribution in [0.2, 0.25) is 0 Å². The third kappa shape index (κ3) is 2.34. The van der Waals surface area contributed by atoms with E-state index in [1.54, 1.807) is 23.0 Å². The van der Waals surface area contributed by atoms with E-state index in [4.69, 9.17) is 5.84 Å². The van der Waals surface area contributed by atoms with Crippen molar-refractivity contribution in [1.29, 1.82) is 0 Å². The van der Waals surface area contributed by atoms with Gasteiger partial charge in [0.25, 0.3) is 0 Å². The zero-order valence-electron chi connectivity index (χ0n) is 10.1. The van der Waals surface area contributed by atoms with Gasteiger partial charge in [-0.2, -0.15) is 0 Å². The summed E-state index contributed by atoms with van der Waals surface area (Å²) in [6, 6.07) is -0.133. The van der Waals surface area contributed by atoms with Crippen LogP contribution in [0.15, 0.2) is 18.6 Å². The predicted octanol–water partition coefficient (Wildman–Crippen LogP) is -0.386. The number of rotatable bonds is 3. The lowest BCUT2D eigenvalue weighted by Crippen LogP contribution is -2.22. The molecule has 3 heterocycles. The molecule has 19 heavy (non-hydrogen) atoms. The van der Waals surface area contributed by atoms with Crippen molar-refractivity contribution in [3.8, 4) is 0 Å². The number of hydrogen-bond acceptors (Lipinski definition) is 7. The molecule has 1 aliphatic rings. The predicted molar refractivity (Wildman–Crippen MR) is 71.5 cm³/mol. The van der Waals surface area contributed by atoms with Gasteiger partial charge in [-0.25, -0.2) is 24.2 Å². The lowest BCUT2D eigenvalue weighted by molar-refractivity contribution is 0.602. The van der Waals surface area contributed by atoms with E-state index >= 15 is 0 Å². The van der Waals surface area contributed by atoms with Gasteiger partial charge in [-0.05, 0) is 6.42 Å². The van der Waals surface area contributed by atoms with Crippen molar-refractivity contribution in [3.63, 3.8) is 0 Å². The van der Waals surface area contributed by atoms with Crippen LogP contribution in [0.1, 0.15) is 6.42 Å². The summed E-state index contributed by atoms with van der Waals surface area (Å²) < 4.78 is 24.7. The highest BCUT2D eigenvalue weighted by atomic mass is 32.2. The molecule has 102 valence electrons. The average Bonchev–Trinajstić information content (AvgIpc) is 2.95. The summed E-state index contributed by atoms with van der Waals surface area (Å²) in [5, 5.41) is 3.13. The van der Waals surface area contributed by atoms with Crippen LogP contribution in [-0.2, 0) is 9.84 Å². The van der Waals surface area contributed by atoms with Gasteiger partial charge >= 0.3 is 0 Å². The molecular formula is C10H14N6O2S. The largest absolute Gasteiger partial charge is 0.363 e. The summed E-state index contributed by atoms with van der Waals surface area (Å²) in [5.74, 6) is 6.71. The first-order valence-corrected chi connectivity index (χ1v) is 7.67. The van der Waals surface area contributed by atoms with Crippen LogP contribution in [0.5, 0.6) is 0 Å². The number of hydrazine groups is 1. The third-order valence-corrected chi connectivity index (χ3v) is 4.86. The molecule has 0 saturated carbocycles. The maximum Gasteiger partial charge on any atom is 0.180 e. The molecule has 2 aromatic heterocycles. The van der Waals surface area contributed by atoms with E-state index in [9.17, 15) is 8.42 Å². The number of hydrogen-bond donors (Lipinski definition) is 3. The SMILES string of the molecule is NNc1cn2ccnc2c(NC2CCS(=O)(=O)C2)n1. The van der Waals surface area contributed by atoms with Crippen molar-refractivity contribution in [1.82, 2.24) is 14.4 Å². The first-order valence-electron chi connectivity index (χ1n) is 5.85. The Morgan fingerprint density at radius 2 is 2.32 bits per heavy atom. The lowest BCUT2D eigenvalue weighted by Gasteiger charge is -2.13. The summed E-state index contributed by atoms with van der Waals surface area (Å²) in [6.07, 6.45) is 5.71. The topological polar surface area (TPSA) is 114 Å². The van der Waals surface area contributed by atoms with Crippen LogP contribution in [0.4, 0.5) is 11.6 Å². The molecular weight excluding hydrogens is 268 g/mol. The molecule has 0 radical (unpaired) electrons. The van der Waals surface area contributed by atoms with E-state index in [0.29, 0.717) is 23.7 Å². The summed E-state index contributed by atoms with van der Waals surface area (Å²) in [5.41, 5.74) is 3.11. The zero-order valence-corrected chi connectivity index (χ0v) is 10.9. The van der Waals surface area contributed by atoms with E-state index < -0.39 is 9.84 Å². The number of imidazole rings is 1. The van der Waals surface area contributed by atoms with Gasteiger partial charge in [0.05, 0.1) is 17.7 Å². The number of nitrogens with one attached hydrogen (secondary N) is 2. The highest BCUT2D eigenvalue weighted by Crippen LogP contribution is 2.20. The molecule has 1 aliphatic heterocycles. The van der Waals surface area contributed by atoms with E-state index in [1.165, 1.54) is 0 Å². The van der Waals surface area contributed by atoms with Gasteiger partial charge in [-0.1, -0.05) is 0 Å². The Morgan fingerprint density at radius 3 is 3.00 bits per heavy atom. The van der Waals surface area contributed by atoms with Crippen LogP contribution in [0.25, 0.3) is 5.65 Å². The monoisotopic (exact) mass is 282 g/mol. The number of anilines is 2. The van der Waals surface area contributed by atoms with Crippen LogP contribution in [0, 0.1) is 0 Å². The number of nitrogens with zero attached hydrogens (tertiary/aromatic N) is 3. The van der Waals surface area contributed by atoms with Gasteiger partial charge in [0, 0.05) is 18.4 Å². The fraction of sp³-hybridized carbons (Fsp3) is 0.400. The summed E-state index contributed by atoms with van der Waals surface area (Å²) in [6.45, 7) is 0. The second-order valence-corrected chi connectivity index (χ2v) is 6.75. The molecule has 0 amide bonds. The highest BCUT2D eigenvalue weighted by molar-refractivity contribution is 7.91. The van der Waals surface area contributed by atoms with E-state index in [-0.39, 0.29) is 17.5 Å². The molecule has 1 unspecified atom stereocenters. The van der Waals surface area contributed by atoms with Crippen LogP contribution in [0.3, 0.4) is 0 Å². The molecule has 9 heteroatoms. The summed E-state index contributed by atoms with van der Waals surface area (Å²) in [7, 11) is -2.93. The quantitative estimate of drug-likeness (QED) is 0.519. The van der Waals surface area contributed by atoms with Crippen molar-refractivity contribution in [2.75, 3.05) is 22.2 Å². The van der Waals surface area contributed by atoms with Gasteiger partial charge in [0.2, 0.25) is 0 Å². The molecule has 0 aromatic carbocycles. The maximum absolute atomic E-state index is 11.5. The van der Waals surface area contributed by atoms with E-state index in [1.807, 2.05) is 0 Å². The number of sulfone groups is 1. The molecule has 2 aromatic rings. The molecule has 0 spiro atoms. The van der Waals surface area contributed by atoms with Gasteiger partial charge in [-0.15, -0.1) is 0 Å². The van der Waals surface area contributed by atoms with E-state index in [2.05, 4.69) is 20.7 Å². The van der Waals surface area contributed by atoms with E-state index in [0.717, 1.165) is 0 Å². The van der Waals surface area contributed by atoms with Crippen LogP contribution in [-0.4, -0.2) is 40.3 Å². The fourth-order valence-corrected chi connectivity index (χ4v) is 3.87. The smallest absolute Gasteiger partial charge is 0.180 e. The van der Waals surface area contributed by atoms with Crippen molar-refractivity contribution < 1.29 is 8.42 Å². The maximum atomic E-state index is 11.5.